The van der Waals surface area contributed by atoms with Crippen molar-refractivity contribution in [1.29, 1.82) is 0 Å². The van der Waals surface area contributed by atoms with Crippen molar-refractivity contribution in [1.82, 2.24) is 14.9 Å². The van der Waals surface area contributed by atoms with Crippen LogP contribution in [0, 0.1) is 0 Å². The zero-order chi connectivity index (χ0) is 15.4. The van der Waals surface area contributed by atoms with Gasteiger partial charge in [-0.25, -0.2) is 9.97 Å². The monoisotopic (exact) mass is 306 g/mol. The molecule has 2 saturated heterocycles. The maximum Gasteiger partial charge on any atom is 0.248 e. The van der Waals surface area contributed by atoms with E-state index < -0.39 is 0 Å². The highest BCUT2D eigenvalue weighted by Crippen LogP contribution is 2.22. The van der Waals surface area contributed by atoms with Gasteiger partial charge in [0.2, 0.25) is 11.8 Å². The number of ether oxygens (including phenoxy) is 2. The Labute approximate surface area is 130 Å². The van der Waals surface area contributed by atoms with Crippen LogP contribution in [0.1, 0.15) is 19.3 Å². The lowest BCUT2D eigenvalue weighted by Crippen LogP contribution is -2.33. The van der Waals surface area contributed by atoms with Crippen LogP contribution >= 0.6 is 0 Å². The van der Waals surface area contributed by atoms with Gasteiger partial charge in [-0.2, -0.15) is 0 Å². The summed E-state index contributed by atoms with van der Waals surface area (Å²) in [5.41, 5.74) is 0. The molecular formula is C15H22N4O3. The number of anilines is 1. The van der Waals surface area contributed by atoms with Crippen molar-refractivity contribution in [3.8, 4) is 5.88 Å². The first kappa shape index (κ1) is 15.0. The van der Waals surface area contributed by atoms with E-state index in [0.717, 1.165) is 25.3 Å². The molecule has 0 aromatic carbocycles. The standard InChI is InChI=1S/C15H22N4O3/c1-21-10-15(20)19-7-4-12(9-19)22-14-8-13(16-11-17-14)18-5-2-3-6-18/h8,11-12H,2-7,9-10H2,1H3/t12-/m1/s1. The van der Waals surface area contributed by atoms with Crippen molar-refractivity contribution in [2.75, 3.05) is 44.8 Å². The fraction of sp³-hybridized carbons (Fsp3) is 0.667. The second kappa shape index (κ2) is 6.91. The lowest BCUT2D eigenvalue weighted by molar-refractivity contribution is -0.134. The molecule has 2 aliphatic heterocycles. The molecular weight excluding hydrogens is 284 g/mol. The molecule has 3 rings (SSSR count). The molecule has 1 aromatic rings. The number of amides is 1. The summed E-state index contributed by atoms with van der Waals surface area (Å²) in [6, 6.07) is 1.89. The lowest BCUT2D eigenvalue weighted by atomic mass is 10.3. The van der Waals surface area contributed by atoms with Crippen molar-refractivity contribution < 1.29 is 14.3 Å². The van der Waals surface area contributed by atoms with E-state index in [2.05, 4.69) is 14.9 Å². The van der Waals surface area contributed by atoms with E-state index in [1.54, 1.807) is 11.2 Å². The van der Waals surface area contributed by atoms with E-state index in [1.807, 2.05) is 6.07 Å². The Morgan fingerprint density at radius 2 is 2.14 bits per heavy atom. The van der Waals surface area contributed by atoms with Gasteiger partial charge in [0.25, 0.3) is 0 Å². The second-order valence-electron chi connectivity index (χ2n) is 5.71. The molecule has 120 valence electrons. The summed E-state index contributed by atoms with van der Waals surface area (Å²) >= 11 is 0. The highest BCUT2D eigenvalue weighted by Gasteiger charge is 2.28. The topological polar surface area (TPSA) is 67.8 Å². The van der Waals surface area contributed by atoms with E-state index in [4.69, 9.17) is 9.47 Å². The lowest BCUT2D eigenvalue weighted by Gasteiger charge is -2.18. The number of methoxy groups -OCH3 is 1. The first-order valence-corrected chi connectivity index (χ1v) is 7.76. The smallest absolute Gasteiger partial charge is 0.248 e. The molecule has 1 amide bonds. The normalized spacial score (nSPS) is 21.4. The van der Waals surface area contributed by atoms with E-state index >= 15 is 0 Å². The number of likely N-dealkylation sites (tertiary alicyclic amines) is 1. The molecule has 0 unspecified atom stereocenters. The zero-order valence-electron chi connectivity index (χ0n) is 12.9. The summed E-state index contributed by atoms with van der Waals surface area (Å²) in [5, 5.41) is 0. The van der Waals surface area contributed by atoms with Crippen LogP contribution in [0.4, 0.5) is 5.82 Å². The zero-order valence-corrected chi connectivity index (χ0v) is 12.9. The molecule has 2 aliphatic rings. The molecule has 0 spiro atoms. The van der Waals surface area contributed by atoms with Crippen LogP contribution in [0.5, 0.6) is 5.88 Å². The van der Waals surface area contributed by atoms with Gasteiger partial charge in [0.15, 0.2) is 0 Å². The first-order chi connectivity index (χ1) is 10.8. The average Bonchev–Trinajstić information content (AvgIpc) is 3.19. The Hall–Kier alpha value is -1.89. The van der Waals surface area contributed by atoms with E-state index in [-0.39, 0.29) is 18.6 Å². The molecule has 22 heavy (non-hydrogen) atoms. The summed E-state index contributed by atoms with van der Waals surface area (Å²) in [5.74, 6) is 1.52. The molecule has 1 atom stereocenters. The van der Waals surface area contributed by atoms with Crippen molar-refractivity contribution in [2.45, 2.75) is 25.4 Å². The number of rotatable bonds is 5. The molecule has 1 aromatic heterocycles. The van der Waals surface area contributed by atoms with Crippen molar-refractivity contribution >= 4 is 11.7 Å². The van der Waals surface area contributed by atoms with Crippen LogP contribution in [-0.4, -0.2) is 66.8 Å². The molecule has 0 bridgehead atoms. The van der Waals surface area contributed by atoms with Crippen LogP contribution in [0.3, 0.4) is 0 Å². The van der Waals surface area contributed by atoms with Crippen LogP contribution in [0.25, 0.3) is 0 Å². The predicted molar refractivity (Wildman–Crippen MR) is 81.0 cm³/mol. The minimum atomic E-state index is -0.0119. The molecule has 7 nitrogen and oxygen atoms in total. The van der Waals surface area contributed by atoms with E-state index in [1.165, 1.54) is 20.0 Å². The molecule has 0 saturated carbocycles. The van der Waals surface area contributed by atoms with Gasteiger partial charge in [-0.15, -0.1) is 0 Å². The van der Waals surface area contributed by atoms with Gasteiger partial charge >= 0.3 is 0 Å². The number of aromatic nitrogens is 2. The molecule has 3 heterocycles. The Morgan fingerprint density at radius 3 is 2.91 bits per heavy atom. The summed E-state index contributed by atoms with van der Waals surface area (Å²) in [6.07, 6.45) is 4.77. The van der Waals surface area contributed by atoms with Gasteiger partial charge in [0.1, 0.15) is 24.9 Å². The number of carbonyl (C=O) groups excluding carboxylic acids is 1. The van der Waals surface area contributed by atoms with E-state index in [0.29, 0.717) is 19.0 Å². The number of hydrogen-bond donors (Lipinski definition) is 0. The van der Waals surface area contributed by atoms with Crippen molar-refractivity contribution in [2.24, 2.45) is 0 Å². The third kappa shape index (κ3) is 3.47. The third-order valence-corrected chi connectivity index (χ3v) is 4.11. The summed E-state index contributed by atoms with van der Waals surface area (Å²) in [4.78, 5) is 24.3. The minimum absolute atomic E-state index is 0.00837. The molecule has 0 radical (unpaired) electrons. The molecule has 2 fully saturated rings. The van der Waals surface area contributed by atoms with Gasteiger partial charge < -0.3 is 19.3 Å². The minimum Gasteiger partial charge on any atom is -0.472 e. The Balaban J connectivity index is 1.57. The van der Waals surface area contributed by atoms with Crippen LogP contribution < -0.4 is 9.64 Å². The predicted octanol–water partition coefficient (Wildman–Crippen LogP) is 0.703. The van der Waals surface area contributed by atoms with E-state index in [9.17, 15) is 4.79 Å². The number of hydrogen-bond acceptors (Lipinski definition) is 6. The van der Waals surface area contributed by atoms with Gasteiger partial charge in [-0.1, -0.05) is 0 Å². The third-order valence-electron chi connectivity index (χ3n) is 4.11. The Bertz CT molecular complexity index is 519. The Morgan fingerprint density at radius 1 is 1.32 bits per heavy atom. The first-order valence-electron chi connectivity index (χ1n) is 7.76. The van der Waals surface area contributed by atoms with Gasteiger partial charge in [0, 0.05) is 39.2 Å². The quantitative estimate of drug-likeness (QED) is 0.798. The van der Waals surface area contributed by atoms with Crippen LogP contribution in [-0.2, 0) is 9.53 Å². The van der Waals surface area contributed by atoms with Crippen molar-refractivity contribution in [3.63, 3.8) is 0 Å². The Kier molecular flexibility index (Phi) is 4.72. The summed E-state index contributed by atoms with van der Waals surface area (Å²) in [6.45, 7) is 3.50. The largest absolute Gasteiger partial charge is 0.472 e. The van der Waals surface area contributed by atoms with Gasteiger partial charge in [-0.05, 0) is 12.8 Å². The maximum absolute atomic E-state index is 11.8. The van der Waals surface area contributed by atoms with Gasteiger partial charge in [0.05, 0.1) is 6.54 Å². The average molecular weight is 306 g/mol. The van der Waals surface area contributed by atoms with Gasteiger partial charge in [-0.3, -0.25) is 4.79 Å². The highest BCUT2D eigenvalue weighted by molar-refractivity contribution is 5.77. The fourth-order valence-corrected chi connectivity index (χ4v) is 2.95. The molecule has 0 aliphatic carbocycles. The van der Waals surface area contributed by atoms with Crippen LogP contribution in [0.2, 0.25) is 0 Å². The second-order valence-corrected chi connectivity index (χ2v) is 5.71. The summed E-state index contributed by atoms with van der Waals surface area (Å²) in [7, 11) is 1.53. The van der Waals surface area contributed by atoms with Crippen molar-refractivity contribution in [3.05, 3.63) is 12.4 Å². The molecule has 7 heteroatoms. The maximum atomic E-state index is 11.8. The molecule has 0 N–H and O–H groups in total. The summed E-state index contributed by atoms with van der Waals surface area (Å²) < 4.78 is 10.8. The SMILES string of the molecule is COCC(=O)N1CC[C@@H](Oc2cc(N3CCCC3)ncn2)C1. The number of carbonyl (C=O) groups is 1. The van der Waals surface area contributed by atoms with Crippen LogP contribution in [0.15, 0.2) is 12.4 Å². The fourth-order valence-electron chi connectivity index (χ4n) is 2.95. The highest BCUT2D eigenvalue weighted by atomic mass is 16.5. The number of nitrogens with zero attached hydrogens (tertiary/aromatic N) is 4.